The van der Waals surface area contributed by atoms with E-state index in [9.17, 15) is 9.18 Å². The van der Waals surface area contributed by atoms with Crippen molar-refractivity contribution < 1.29 is 9.18 Å². The molecule has 0 aromatic heterocycles. The molecule has 0 unspecified atom stereocenters. The van der Waals surface area contributed by atoms with E-state index < -0.39 is 5.82 Å². The quantitative estimate of drug-likeness (QED) is 0.540. The maximum Gasteiger partial charge on any atom is 0.198 e. The average Bonchev–Trinajstić information content (AvgIpc) is 2.33. The molecule has 0 fully saturated rings. The van der Waals surface area contributed by atoms with Crippen LogP contribution in [0.1, 0.15) is 21.5 Å². The predicted molar refractivity (Wildman–Crippen MR) is 84.1 cm³/mol. The largest absolute Gasteiger partial charge is 0.288 e. The van der Waals surface area contributed by atoms with Crippen LogP contribution in [0.5, 0.6) is 0 Å². The van der Waals surface area contributed by atoms with Crippen molar-refractivity contribution in [3.63, 3.8) is 0 Å². The van der Waals surface area contributed by atoms with Crippen molar-refractivity contribution in [3.8, 4) is 0 Å². The van der Waals surface area contributed by atoms with Gasteiger partial charge in [0.2, 0.25) is 0 Å². The summed E-state index contributed by atoms with van der Waals surface area (Å²) >= 11 is 9.94. The molecule has 2 rings (SSSR count). The minimum absolute atomic E-state index is 0.0407. The highest BCUT2D eigenvalue weighted by Crippen LogP contribution is 2.30. The van der Waals surface area contributed by atoms with Crippen molar-refractivity contribution in [2.24, 2.45) is 0 Å². The normalized spacial score (nSPS) is 10.6. The third kappa shape index (κ3) is 2.98. The standard InChI is InChI=1S/C14H8Br3FO/c1-7-5-11(17)8(6-10(7)16)14(19)13-9(15)3-2-4-12(13)18/h2-6H,1H3. The lowest BCUT2D eigenvalue weighted by atomic mass is 10.0. The maximum absolute atomic E-state index is 13.8. The molecule has 0 saturated heterocycles. The van der Waals surface area contributed by atoms with Gasteiger partial charge in [0, 0.05) is 19.0 Å². The van der Waals surface area contributed by atoms with Crippen molar-refractivity contribution in [1.82, 2.24) is 0 Å². The van der Waals surface area contributed by atoms with Crippen molar-refractivity contribution in [2.45, 2.75) is 6.92 Å². The molecule has 0 amide bonds. The van der Waals surface area contributed by atoms with Crippen molar-refractivity contribution in [1.29, 1.82) is 0 Å². The molecule has 0 aliphatic carbocycles. The number of hydrogen-bond donors (Lipinski definition) is 0. The molecule has 0 spiro atoms. The summed E-state index contributed by atoms with van der Waals surface area (Å²) in [6.45, 7) is 1.92. The number of rotatable bonds is 2. The highest BCUT2D eigenvalue weighted by Gasteiger charge is 2.20. The van der Waals surface area contributed by atoms with Gasteiger partial charge >= 0.3 is 0 Å². The van der Waals surface area contributed by atoms with Crippen LogP contribution in [0.4, 0.5) is 4.39 Å². The minimum Gasteiger partial charge on any atom is -0.288 e. The van der Waals surface area contributed by atoms with Crippen LogP contribution in [0.15, 0.2) is 43.7 Å². The molecule has 0 atom stereocenters. The number of hydrogen-bond acceptors (Lipinski definition) is 1. The van der Waals surface area contributed by atoms with Crippen LogP contribution in [0.2, 0.25) is 0 Å². The average molecular weight is 451 g/mol. The highest BCUT2D eigenvalue weighted by atomic mass is 79.9. The van der Waals surface area contributed by atoms with Gasteiger partial charge in [-0.15, -0.1) is 0 Å². The van der Waals surface area contributed by atoms with Gasteiger partial charge in [-0.05, 0) is 52.7 Å². The number of carbonyl (C=O) groups is 1. The molecule has 98 valence electrons. The van der Waals surface area contributed by atoms with Gasteiger partial charge < -0.3 is 0 Å². The molecule has 0 N–H and O–H groups in total. The number of benzene rings is 2. The smallest absolute Gasteiger partial charge is 0.198 e. The third-order valence-electron chi connectivity index (χ3n) is 2.68. The van der Waals surface area contributed by atoms with Crippen LogP contribution in [0, 0.1) is 12.7 Å². The topological polar surface area (TPSA) is 17.1 Å². The summed E-state index contributed by atoms with van der Waals surface area (Å²) in [7, 11) is 0. The fourth-order valence-corrected chi connectivity index (χ4v) is 3.17. The van der Waals surface area contributed by atoms with Crippen LogP contribution >= 0.6 is 47.8 Å². The number of halogens is 4. The Hall–Kier alpha value is -0.520. The summed E-state index contributed by atoms with van der Waals surface area (Å²) in [5.74, 6) is -0.902. The Bertz CT molecular complexity index is 648. The van der Waals surface area contributed by atoms with Gasteiger partial charge in [0.15, 0.2) is 5.78 Å². The second kappa shape index (κ2) is 5.85. The van der Waals surface area contributed by atoms with Crippen molar-refractivity contribution in [2.75, 3.05) is 0 Å². The van der Waals surface area contributed by atoms with Crippen LogP contribution in [-0.2, 0) is 0 Å². The first-order chi connectivity index (χ1) is 8.91. The van der Waals surface area contributed by atoms with E-state index in [0.717, 1.165) is 10.0 Å². The second-order valence-corrected chi connectivity index (χ2v) is 6.57. The van der Waals surface area contributed by atoms with Crippen LogP contribution in [0.25, 0.3) is 0 Å². The minimum atomic E-state index is -0.539. The number of ketones is 1. The Kier molecular flexibility index (Phi) is 4.58. The van der Waals surface area contributed by atoms with Gasteiger partial charge in [-0.3, -0.25) is 4.79 Å². The molecule has 19 heavy (non-hydrogen) atoms. The summed E-state index contributed by atoms with van der Waals surface area (Å²) < 4.78 is 15.7. The first-order valence-corrected chi connectivity index (χ1v) is 7.74. The molecule has 5 heteroatoms. The summed E-state index contributed by atoms with van der Waals surface area (Å²) in [5.41, 5.74) is 1.46. The molecular weight excluding hydrogens is 443 g/mol. The second-order valence-electron chi connectivity index (χ2n) is 4.01. The first kappa shape index (κ1) is 14.9. The molecule has 0 radical (unpaired) electrons. The zero-order valence-corrected chi connectivity index (χ0v) is 14.6. The fraction of sp³-hybridized carbons (Fsp3) is 0.0714. The van der Waals surface area contributed by atoms with E-state index in [-0.39, 0.29) is 11.3 Å². The summed E-state index contributed by atoms with van der Waals surface area (Å²) in [4.78, 5) is 12.5. The SMILES string of the molecule is Cc1cc(Br)c(C(=O)c2c(F)cccc2Br)cc1Br. The van der Waals surface area contributed by atoms with Gasteiger partial charge in [-0.25, -0.2) is 4.39 Å². The van der Waals surface area contributed by atoms with E-state index in [1.807, 2.05) is 13.0 Å². The van der Waals surface area contributed by atoms with E-state index in [4.69, 9.17) is 0 Å². The third-order valence-corrected chi connectivity index (χ3v) is 4.85. The van der Waals surface area contributed by atoms with Gasteiger partial charge in [-0.2, -0.15) is 0 Å². The van der Waals surface area contributed by atoms with Crippen LogP contribution in [-0.4, -0.2) is 5.78 Å². The molecule has 0 aliphatic rings. The zero-order valence-electron chi connectivity index (χ0n) is 9.81. The van der Waals surface area contributed by atoms with E-state index in [1.165, 1.54) is 6.07 Å². The highest BCUT2D eigenvalue weighted by molar-refractivity contribution is 9.11. The lowest BCUT2D eigenvalue weighted by Gasteiger charge is -2.09. The molecule has 0 bridgehead atoms. The molecule has 1 nitrogen and oxygen atoms in total. The fourth-order valence-electron chi connectivity index (χ4n) is 1.67. The Morgan fingerprint density at radius 1 is 1.05 bits per heavy atom. The monoisotopic (exact) mass is 448 g/mol. The number of aryl methyl sites for hydroxylation is 1. The van der Waals surface area contributed by atoms with Gasteiger partial charge in [0.05, 0.1) is 5.56 Å². The Labute approximate surface area is 135 Å². The molecule has 0 aliphatic heterocycles. The van der Waals surface area contributed by atoms with Gasteiger partial charge in [0.25, 0.3) is 0 Å². The zero-order chi connectivity index (χ0) is 14.2. The molecule has 0 saturated carbocycles. The summed E-state index contributed by atoms with van der Waals surface area (Å²) in [5, 5.41) is 0. The van der Waals surface area contributed by atoms with E-state index in [0.29, 0.717) is 14.5 Å². The molecule has 0 heterocycles. The van der Waals surface area contributed by atoms with Crippen LogP contribution in [0.3, 0.4) is 0 Å². The number of carbonyl (C=O) groups excluding carboxylic acids is 1. The van der Waals surface area contributed by atoms with Crippen molar-refractivity contribution >= 4 is 53.6 Å². The van der Waals surface area contributed by atoms with E-state index in [2.05, 4.69) is 47.8 Å². The Morgan fingerprint density at radius 2 is 1.74 bits per heavy atom. The predicted octanol–water partition coefficient (Wildman–Crippen LogP) is 5.65. The van der Waals surface area contributed by atoms with Crippen LogP contribution < -0.4 is 0 Å². The Morgan fingerprint density at radius 3 is 2.37 bits per heavy atom. The molecule has 2 aromatic rings. The Balaban J connectivity index is 2.60. The molecule has 2 aromatic carbocycles. The molecular formula is C14H8Br3FO. The van der Waals surface area contributed by atoms with E-state index in [1.54, 1.807) is 18.2 Å². The van der Waals surface area contributed by atoms with Gasteiger partial charge in [0.1, 0.15) is 5.82 Å². The lowest BCUT2D eigenvalue weighted by molar-refractivity contribution is 0.103. The lowest BCUT2D eigenvalue weighted by Crippen LogP contribution is -2.06. The van der Waals surface area contributed by atoms with E-state index >= 15 is 0 Å². The summed E-state index contributed by atoms with van der Waals surface area (Å²) in [6.07, 6.45) is 0. The first-order valence-electron chi connectivity index (χ1n) is 5.36. The van der Waals surface area contributed by atoms with Crippen molar-refractivity contribution in [3.05, 3.63) is 66.3 Å². The van der Waals surface area contributed by atoms with Gasteiger partial charge in [-0.1, -0.05) is 37.9 Å². The maximum atomic E-state index is 13.8. The summed E-state index contributed by atoms with van der Waals surface area (Å²) in [6, 6.07) is 7.99.